The van der Waals surface area contributed by atoms with Crippen molar-refractivity contribution in [2.24, 2.45) is 7.05 Å². The topological polar surface area (TPSA) is 69.1 Å². The normalized spacial score (nSPS) is 10.8. The molecule has 0 saturated heterocycles. The number of nitrogens with zero attached hydrogens (tertiary/aromatic N) is 5. The van der Waals surface area contributed by atoms with Crippen LogP contribution in [0.3, 0.4) is 0 Å². The third-order valence-corrected chi connectivity index (χ3v) is 3.42. The molecule has 22 heavy (non-hydrogen) atoms. The highest BCUT2D eigenvalue weighted by molar-refractivity contribution is 5.91. The van der Waals surface area contributed by atoms with E-state index in [1.165, 1.54) is 0 Å². The van der Waals surface area contributed by atoms with E-state index in [4.69, 9.17) is 4.42 Å². The maximum Gasteiger partial charge on any atom is 0.289 e. The minimum atomic E-state index is -0.159. The fourth-order valence-electron chi connectivity index (χ4n) is 2.19. The second-order valence-electron chi connectivity index (χ2n) is 5.08. The zero-order valence-corrected chi connectivity index (χ0v) is 12.5. The fraction of sp³-hybridized carbons (Fsp3) is 0.267. The molecule has 7 heteroatoms. The Morgan fingerprint density at radius 3 is 2.82 bits per heavy atom. The van der Waals surface area contributed by atoms with Crippen LogP contribution in [0.15, 0.2) is 47.3 Å². The number of carbonyl (C=O) groups is 1. The van der Waals surface area contributed by atoms with Crippen LogP contribution in [-0.4, -0.2) is 37.4 Å². The zero-order valence-electron chi connectivity index (χ0n) is 12.5. The second-order valence-corrected chi connectivity index (χ2v) is 5.08. The lowest BCUT2D eigenvalue weighted by Crippen LogP contribution is -2.26. The molecule has 0 radical (unpaired) electrons. The number of aryl methyl sites for hydroxylation is 1. The number of amides is 1. The molecule has 0 fully saturated rings. The van der Waals surface area contributed by atoms with Crippen LogP contribution in [-0.2, 0) is 20.1 Å². The first-order valence-electron chi connectivity index (χ1n) is 6.92. The molecule has 0 spiro atoms. The van der Waals surface area contributed by atoms with Gasteiger partial charge in [0.15, 0.2) is 5.76 Å². The summed E-state index contributed by atoms with van der Waals surface area (Å²) in [6.07, 6.45) is 5.26. The average Bonchev–Trinajstić information content (AvgIpc) is 3.23. The highest BCUT2D eigenvalue weighted by Crippen LogP contribution is 2.13. The first-order chi connectivity index (χ1) is 10.6. The molecule has 0 unspecified atom stereocenters. The van der Waals surface area contributed by atoms with Gasteiger partial charge >= 0.3 is 0 Å². The molecule has 3 heterocycles. The van der Waals surface area contributed by atoms with Gasteiger partial charge in [-0.05, 0) is 24.3 Å². The van der Waals surface area contributed by atoms with Crippen molar-refractivity contribution in [2.45, 2.75) is 13.1 Å². The molecule has 0 aliphatic heterocycles. The highest BCUT2D eigenvalue weighted by Gasteiger charge is 2.17. The Morgan fingerprint density at radius 2 is 2.14 bits per heavy atom. The minimum absolute atomic E-state index is 0.159. The maximum atomic E-state index is 12.4. The van der Waals surface area contributed by atoms with Crippen molar-refractivity contribution in [3.8, 4) is 0 Å². The van der Waals surface area contributed by atoms with E-state index in [0.29, 0.717) is 24.6 Å². The van der Waals surface area contributed by atoms with Crippen molar-refractivity contribution in [2.75, 3.05) is 7.05 Å². The molecule has 3 aromatic heterocycles. The summed E-state index contributed by atoms with van der Waals surface area (Å²) >= 11 is 0. The number of carbonyl (C=O) groups excluding carboxylic acids is 1. The van der Waals surface area contributed by atoms with Gasteiger partial charge in [-0.2, -0.15) is 10.2 Å². The fourth-order valence-corrected chi connectivity index (χ4v) is 2.19. The Balaban J connectivity index is 1.67. The molecule has 0 saturated carbocycles. The van der Waals surface area contributed by atoms with E-state index in [1.54, 1.807) is 45.8 Å². The van der Waals surface area contributed by atoms with Crippen LogP contribution in [0.25, 0.3) is 0 Å². The van der Waals surface area contributed by atoms with Crippen molar-refractivity contribution in [1.82, 2.24) is 24.5 Å². The lowest BCUT2D eigenvalue weighted by atomic mass is 10.3. The molecule has 0 aliphatic rings. The molecule has 0 aromatic carbocycles. The highest BCUT2D eigenvalue weighted by atomic mass is 16.4. The van der Waals surface area contributed by atoms with Gasteiger partial charge in [-0.1, -0.05) is 0 Å². The number of hydrogen-bond donors (Lipinski definition) is 0. The van der Waals surface area contributed by atoms with Crippen molar-refractivity contribution < 1.29 is 9.21 Å². The number of rotatable bonds is 5. The molecule has 3 rings (SSSR count). The van der Waals surface area contributed by atoms with E-state index >= 15 is 0 Å². The molecular formula is C15H17N5O2. The van der Waals surface area contributed by atoms with Gasteiger partial charge < -0.3 is 9.32 Å². The SMILES string of the molecule is CN(Cc1ccnn1C)C(=O)c1ccc(Cn2cccn2)o1. The summed E-state index contributed by atoms with van der Waals surface area (Å²) in [6.45, 7) is 0.982. The van der Waals surface area contributed by atoms with E-state index in [1.807, 2.05) is 25.4 Å². The summed E-state index contributed by atoms with van der Waals surface area (Å²) in [5.74, 6) is 0.862. The van der Waals surface area contributed by atoms with Gasteiger partial charge in [0.1, 0.15) is 5.76 Å². The quantitative estimate of drug-likeness (QED) is 0.716. The zero-order chi connectivity index (χ0) is 15.5. The van der Waals surface area contributed by atoms with E-state index < -0.39 is 0 Å². The van der Waals surface area contributed by atoms with Gasteiger partial charge in [-0.25, -0.2) is 0 Å². The lowest BCUT2D eigenvalue weighted by Gasteiger charge is -2.15. The summed E-state index contributed by atoms with van der Waals surface area (Å²) in [7, 11) is 3.59. The summed E-state index contributed by atoms with van der Waals surface area (Å²) in [4.78, 5) is 14.0. The molecule has 0 bridgehead atoms. The Labute approximate surface area is 127 Å². The summed E-state index contributed by atoms with van der Waals surface area (Å²) in [6, 6.07) is 7.22. The molecular weight excluding hydrogens is 282 g/mol. The van der Waals surface area contributed by atoms with Crippen LogP contribution in [0.1, 0.15) is 22.0 Å². The molecule has 7 nitrogen and oxygen atoms in total. The third-order valence-electron chi connectivity index (χ3n) is 3.42. The first-order valence-corrected chi connectivity index (χ1v) is 6.92. The van der Waals surface area contributed by atoms with Crippen molar-refractivity contribution in [3.05, 3.63) is 60.1 Å². The molecule has 114 valence electrons. The van der Waals surface area contributed by atoms with Crippen LogP contribution in [0.2, 0.25) is 0 Å². The van der Waals surface area contributed by atoms with Crippen LogP contribution >= 0.6 is 0 Å². The summed E-state index contributed by atoms with van der Waals surface area (Å²) < 4.78 is 9.10. The summed E-state index contributed by atoms with van der Waals surface area (Å²) in [5.41, 5.74) is 0.958. The molecule has 0 aliphatic carbocycles. The monoisotopic (exact) mass is 299 g/mol. The predicted octanol–water partition coefficient (Wildman–Crippen LogP) is 1.53. The standard InChI is InChI=1S/C15H17N5O2/c1-18(10-12-6-8-16-19(12)2)15(21)14-5-4-13(22-14)11-20-9-3-7-17-20/h3-9H,10-11H2,1-2H3. The summed E-state index contributed by atoms with van der Waals surface area (Å²) in [5, 5.41) is 8.21. The minimum Gasteiger partial charge on any atom is -0.454 e. The Hall–Kier alpha value is -2.83. The number of furan rings is 1. The van der Waals surface area contributed by atoms with Crippen molar-refractivity contribution in [3.63, 3.8) is 0 Å². The van der Waals surface area contributed by atoms with E-state index in [-0.39, 0.29) is 5.91 Å². The van der Waals surface area contributed by atoms with Gasteiger partial charge in [-0.3, -0.25) is 14.2 Å². The molecule has 1 amide bonds. The smallest absolute Gasteiger partial charge is 0.289 e. The second kappa shape index (κ2) is 5.88. The Morgan fingerprint density at radius 1 is 1.27 bits per heavy atom. The molecule has 3 aromatic rings. The average molecular weight is 299 g/mol. The third kappa shape index (κ3) is 2.93. The van der Waals surface area contributed by atoms with E-state index in [2.05, 4.69) is 10.2 Å². The lowest BCUT2D eigenvalue weighted by molar-refractivity contribution is 0.0748. The largest absolute Gasteiger partial charge is 0.454 e. The maximum absolute atomic E-state index is 12.4. The van der Waals surface area contributed by atoms with Crippen LogP contribution in [0.4, 0.5) is 0 Å². The Kier molecular flexibility index (Phi) is 3.78. The Bertz CT molecular complexity index is 757. The van der Waals surface area contributed by atoms with Crippen LogP contribution in [0, 0.1) is 0 Å². The molecule has 0 atom stereocenters. The van der Waals surface area contributed by atoms with Crippen LogP contribution < -0.4 is 0 Å². The van der Waals surface area contributed by atoms with Gasteiger partial charge in [0.2, 0.25) is 0 Å². The van der Waals surface area contributed by atoms with Gasteiger partial charge in [0.05, 0.1) is 18.8 Å². The van der Waals surface area contributed by atoms with Gasteiger partial charge in [0, 0.05) is 32.7 Å². The van der Waals surface area contributed by atoms with Crippen LogP contribution in [0.5, 0.6) is 0 Å². The molecule has 0 N–H and O–H groups in total. The van der Waals surface area contributed by atoms with E-state index in [9.17, 15) is 4.79 Å². The predicted molar refractivity (Wildman–Crippen MR) is 79.0 cm³/mol. The number of aromatic nitrogens is 4. The van der Waals surface area contributed by atoms with Gasteiger partial charge in [0.25, 0.3) is 5.91 Å². The van der Waals surface area contributed by atoms with E-state index in [0.717, 1.165) is 5.69 Å². The van der Waals surface area contributed by atoms with Gasteiger partial charge in [-0.15, -0.1) is 0 Å². The van der Waals surface area contributed by atoms with Crippen molar-refractivity contribution >= 4 is 5.91 Å². The first kappa shape index (κ1) is 14.1. The number of hydrogen-bond acceptors (Lipinski definition) is 4. The van der Waals surface area contributed by atoms with Crippen molar-refractivity contribution in [1.29, 1.82) is 0 Å².